The van der Waals surface area contributed by atoms with Gasteiger partial charge in [-0.2, -0.15) is 0 Å². The molecule has 32 heavy (non-hydrogen) atoms. The van der Waals surface area contributed by atoms with Crippen molar-refractivity contribution in [3.63, 3.8) is 0 Å². The number of aliphatic hydroxyl groups excluding tert-OH is 1. The summed E-state index contributed by atoms with van der Waals surface area (Å²) >= 11 is 0. The third kappa shape index (κ3) is 4.75. The van der Waals surface area contributed by atoms with Crippen molar-refractivity contribution in [3.8, 4) is 0 Å². The average molecular weight is 439 g/mol. The van der Waals surface area contributed by atoms with Crippen LogP contribution >= 0.6 is 0 Å². The minimum atomic E-state index is -0.365. The molecule has 3 fully saturated rings. The summed E-state index contributed by atoms with van der Waals surface area (Å²) in [7, 11) is 0. The van der Waals surface area contributed by atoms with Crippen LogP contribution in [0.4, 0.5) is 0 Å². The Morgan fingerprint density at radius 2 is 1.75 bits per heavy atom. The predicted molar refractivity (Wildman–Crippen MR) is 139 cm³/mol. The first-order valence-electron chi connectivity index (χ1n) is 13.1. The van der Waals surface area contributed by atoms with Gasteiger partial charge in [-0.3, -0.25) is 0 Å². The van der Waals surface area contributed by atoms with Crippen LogP contribution in [0.2, 0.25) is 0 Å². The molecule has 5 atom stereocenters. The average Bonchev–Trinajstić information content (AvgIpc) is 2.96. The summed E-state index contributed by atoms with van der Waals surface area (Å²) in [6.07, 6.45) is 18.9. The molecule has 1 unspecified atom stereocenters. The molecule has 0 aliphatic heterocycles. The van der Waals surface area contributed by atoms with E-state index in [1.807, 2.05) is 0 Å². The molecule has 0 bridgehead atoms. The lowest BCUT2D eigenvalue weighted by Gasteiger charge is -2.55. The second kappa shape index (κ2) is 8.94. The van der Waals surface area contributed by atoms with E-state index in [1.54, 1.807) is 5.57 Å². The van der Waals surface area contributed by atoms with E-state index in [1.165, 1.54) is 37.7 Å². The number of hydrogen-bond donors (Lipinski definition) is 1. The molecule has 3 saturated carbocycles. The van der Waals surface area contributed by atoms with Gasteiger partial charge in [-0.1, -0.05) is 97.4 Å². The Morgan fingerprint density at radius 1 is 1.06 bits per heavy atom. The highest BCUT2D eigenvalue weighted by atomic mass is 16.3. The number of hydrogen-bond acceptors (Lipinski definition) is 1. The van der Waals surface area contributed by atoms with Crippen LogP contribution in [-0.4, -0.2) is 11.2 Å². The lowest BCUT2D eigenvalue weighted by Crippen LogP contribution is -2.47. The molecule has 3 aliphatic rings. The highest BCUT2D eigenvalue weighted by molar-refractivity contribution is 5.30. The summed E-state index contributed by atoms with van der Waals surface area (Å²) < 4.78 is 0. The molecule has 180 valence electrons. The highest BCUT2D eigenvalue weighted by Crippen LogP contribution is 2.69. The van der Waals surface area contributed by atoms with Crippen LogP contribution in [0.1, 0.15) is 107 Å². The van der Waals surface area contributed by atoms with Crippen LogP contribution in [0, 0.1) is 33.5 Å². The normalized spacial score (nSPS) is 39.3. The molecule has 0 radical (unpaired) electrons. The van der Waals surface area contributed by atoms with Gasteiger partial charge in [0.25, 0.3) is 0 Å². The number of allylic oxidation sites excluding steroid dienone is 5. The molecule has 0 aromatic rings. The van der Waals surface area contributed by atoms with Crippen molar-refractivity contribution >= 4 is 0 Å². The quantitative estimate of drug-likeness (QED) is 0.435. The van der Waals surface area contributed by atoms with E-state index in [4.69, 9.17) is 0 Å². The fraction of sp³-hybridized carbons (Fsp3) is 0.742. The Bertz CT molecular complexity index is 785. The molecule has 1 heteroatoms. The highest BCUT2D eigenvalue weighted by Gasteiger charge is 2.60. The van der Waals surface area contributed by atoms with Crippen LogP contribution < -0.4 is 0 Å². The maximum absolute atomic E-state index is 10.4. The second-order valence-electron chi connectivity index (χ2n) is 13.5. The zero-order valence-corrected chi connectivity index (χ0v) is 22.4. The van der Waals surface area contributed by atoms with E-state index < -0.39 is 0 Å². The molecule has 3 aliphatic carbocycles. The summed E-state index contributed by atoms with van der Waals surface area (Å²) in [5, 5.41) is 10.4. The monoisotopic (exact) mass is 438 g/mol. The zero-order chi connectivity index (χ0) is 23.9. The largest absolute Gasteiger partial charge is 0.388 e. The molecule has 0 aromatic carbocycles. The van der Waals surface area contributed by atoms with Gasteiger partial charge in [0.05, 0.1) is 6.10 Å². The summed E-state index contributed by atoms with van der Waals surface area (Å²) in [6, 6.07) is 0. The van der Waals surface area contributed by atoms with Gasteiger partial charge < -0.3 is 5.11 Å². The van der Waals surface area contributed by atoms with Crippen molar-refractivity contribution in [1.82, 2.24) is 0 Å². The summed E-state index contributed by atoms with van der Waals surface area (Å²) in [4.78, 5) is 0. The molecule has 0 saturated heterocycles. The maximum Gasteiger partial charge on any atom is 0.0787 e. The molecular weight excluding hydrogens is 388 g/mol. The lowest BCUT2D eigenvalue weighted by molar-refractivity contribution is -0.0233. The molecule has 0 spiro atoms. The van der Waals surface area contributed by atoms with E-state index in [-0.39, 0.29) is 11.5 Å². The van der Waals surface area contributed by atoms with Crippen LogP contribution in [0.5, 0.6) is 0 Å². The van der Waals surface area contributed by atoms with E-state index in [0.717, 1.165) is 24.8 Å². The van der Waals surface area contributed by atoms with Crippen LogP contribution in [0.25, 0.3) is 0 Å². The van der Waals surface area contributed by atoms with Crippen molar-refractivity contribution in [2.45, 2.75) is 113 Å². The molecule has 3 rings (SSSR count). The van der Waals surface area contributed by atoms with Crippen LogP contribution in [-0.2, 0) is 0 Å². The summed E-state index contributed by atoms with van der Waals surface area (Å²) in [5.41, 5.74) is 5.25. The van der Waals surface area contributed by atoms with Crippen LogP contribution in [0.15, 0.2) is 47.6 Å². The fourth-order valence-corrected chi connectivity index (χ4v) is 7.13. The Morgan fingerprint density at radius 3 is 2.38 bits per heavy atom. The summed E-state index contributed by atoms with van der Waals surface area (Å²) in [5.74, 6) is 1.07. The molecule has 0 amide bonds. The Labute approximate surface area is 199 Å². The van der Waals surface area contributed by atoms with Gasteiger partial charge in [0.15, 0.2) is 0 Å². The second-order valence-corrected chi connectivity index (χ2v) is 13.5. The van der Waals surface area contributed by atoms with Crippen molar-refractivity contribution in [2.75, 3.05) is 0 Å². The van der Waals surface area contributed by atoms with Gasteiger partial charge in [-0.25, -0.2) is 0 Å². The van der Waals surface area contributed by atoms with Gasteiger partial charge in [0, 0.05) is 0 Å². The van der Waals surface area contributed by atoms with Gasteiger partial charge in [-0.15, -0.1) is 0 Å². The van der Waals surface area contributed by atoms with E-state index in [0.29, 0.717) is 28.1 Å². The molecular formula is C31H50O. The maximum atomic E-state index is 10.4. The number of aliphatic hydroxyl groups is 1. The minimum absolute atomic E-state index is 0.186. The van der Waals surface area contributed by atoms with Gasteiger partial charge in [-0.05, 0) is 90.4 Å². The first-order valence-corrected chi connectivity index (χ1v) is 13.1. The third-order valence-electron chi connectivity index (χ3n) is 9.88. The molecule has 0 aromatic heterocycles. The smallest absolute Gasteiger partial charge is 0.0787 e. The number of fused-ring (bicyclic) bond motifs is 1. The lowest BCUT2D eigenvalue weighted by atomic mass is 9.49. The molecule has 1 nitrogen and oxygen atoms in total. The van der Waals surface area contributed by atoms with Gasteiger partial charge in [0.2, 0.25) is 0 Å². The Balaban J connectivity index is 1.83. The molecule has 0 heterocycles. The van der Waals surface area contributed by atoms with Crippen LogP contribution in [0.3, 0.4) is 0 Å². The first-order chi connectivity index (χ1) is 14.7. The topological polar surface area (TPSA) is 20.2 Å². The Hall–Kier alpha value is -1.08. The minimum Gasteiger partial charge on any atom is -0.388 e. The van der Waals surface area contributed by atoms with Crippen molar-refractivity contribution in [2.24, 2.45) is 33.5 Å². The summed E-state index contributed by atoms with van der Waals surface area (Å²) in [6.45, 7) is 23.4. The van der Waals surface area contributed by atoms with E-state index >= 15 is 0 Å². The number of rotatable bonds is 4. The SMILES string of the molecule is C=C1[C@H](C)C/C(=C/C=C2\CCCC3(C)[C@H]2CC[C@]3(C)C(C)(C)/C=C/CC(C)(C)C)C[C@H]1O. The van der Waals surface area contributed by atoms with Crippen molar-refractivity contribution in [3.05, 3.63) is 47.6 Å². The zero-order valence-electron chi connectivity index (χ0n) is 22.4. The van der Waals surface area contributed by atoms with E-state index in [2.05, 4.69) is 86.3 Å². The molecule has 1 N–H and O–H groups in total. The predicted octanol–water partition coefficient (Wildman–Crippen LogP) is 8.81. The van der Waals surface area contributed by atoms with Crippen molar-refractivity contribution < 1.29 is 5.11 Å². The van der Waals surface area contributed by atoms with Crippen molar-refractivity contribution in [1.29, 1.82) is 0 Å². The third-order valence-corrected chi connectivity index (χ3v) is 9.88. The first kappa shape index (κ1) is 25.5. The fourth-order valence-electron chi connectivity index (χ4n) is 7.13. The van der Waals surface area contributed by atoms with Gasteiger partial charge in [0.1, 0.15) is 0 Å². The standard InChI is InChI=1S/C31H50O/c1-22-20-24(21-27(32)23(22)2)13-14-25-12-10-18-30(8)26(25)15-19-31(30,9)29(6,7)17-11-16-28(3,4)5/h11,13-14,17,22,26-27,32H,2,10,12,15-16,18-21H2,1,3-9H3/b17-11+,24-13-,25-14+/t22-,26+,27-,30?,31-/m1/s1. The van der Waals surface area contributed by atoms with Gasteiger partial charge >= 0.3 is 0 Å². The Kier molecular flexibility index (Phi) is 7.13. The van der Waals surface area contributed by atoms with E-state index in [9.17, 15) is 5.11 Å².